The molecule has 0 fully saturated rings. The summed E-state index contributed by atoms with van der Waals surface area (Å²) in [6.45, 7) is 20.5. The van der Waals surface area contributed by atoms with Gasteiger partial charge in [-0.3, -0.25) is 0 Å². The molecule has 23 heavy (non-hydrogen) atoms. The van der Waals surface area contributed by atoms with Crippen LogP contribution in [-0.4, -0.2) is 31.6 Å². The lowest BCUT2D eigenvalue weighted by Crippen LogP contribution is -2.34. The zero-order valence-corrected chi connectivity index (χ0v) is 19.3. The van der Waals surface area contributed by atoms with Crippen LogP contribution >= 0.6 is 0 Å². The summed E-state index contributed by atoms with van der Waals surface area (Å²) >= 11 is 0. The minimum atomic E-state index is -1.64. The van der Waals surface area contributed by atoms with Crippen molar-refractivity contribution in [2.75, 3.05) is 6.61 Å². The van der Waals surface area contributed by atoms with Gasteiger partial charge in [-0.05, 0) is 76.6 Å². The summed E-state index contributed by atoms with van der Waals surface area (Å²) in [4.78, 5) is 0. The molecule has 132 valence electrons. The lowest BCUT2D eigenvalue weighted by molar-refractivity contribution is 0.119. The van der Waals surface area contributed by atoms with Crippen molar-refractivity contribution in [3.8, 4) is 5.75 Å². The molecule has 0 amide bonds. The molecule has 0 bridgehead atoms. The first kappa shape index (κ1) is 20.6. The van der Waals surface area contributed by atoms with Gasteiger partial charge in [0.05, 0.1) is 12.7 Å². The predicted molar refractivity (Wildman–Crippen MR) is 107 cm³/mol. The third-order valence-corrected chi connectivity index (χ3v) is 5.71. The average molecular weight is 371 g/mol. The second-order valence-electron chi connectivity index (χ2n) is 8.93. The van der Waals surface area contributed by atoms with Crippen LogP contribution in [0.3, 0.4) is 0 Å². The zero-order valence-electron chi connectivity index (χ0n) is 16.3. The van der Waals surface area contributed by atoms with Gasteiger partial charge in [0.2, 0.25) is 8.32 Å². The molecular formula is C17H34O3Si3. The van der Waals surface area contributed by atoms with Crippen molar-refractivity contribution in [3.63, 3.8) is 0 Å². The molecule has 0 aliphatic carbocycles. The third kappa shape index (κ3) is 9.46. The third-order valence-electron chi connectivity index (χ3n) is 2.84. The summed E-state index contributed by atoms with van der Waals surface area (Å²) in [5.74, 6) is 0.950. The van der Waals surface area contributed by atoms with Crippen molar-refractivity contribution in [3.05, 3.63) is 29.8 Å². The summed E-state index contributed by atoms with van der Waals surface area (Å²) in [5.41, 5.74) is 1.17. The summed E-state index contributed by atoms with van der Waals surface area (Å²) in [7, 11) is -4.76. The molecule has 1 rings (SSSR count). The normalized spacial score (nSPS) is 14.7. The monoisotopic (exact) mass is 370 g/mol. The Balaban J connectivity index is 2.88. The second kappa shape index (κ2) is 7.65. The van der Waals surface area contributed by atoms with E-state index in [-0.39, 0.29) is 6.10 Å². The molecule has 0 saturated carbocycles. The van der Waals surface area contributed by atoms with Crippen molar-refractivity contribution in [1.82, 2.24) is 0 Å². The molecule has 6 heteroatoms. The smallest absolute Gasteiger partial charge is 0.242 e. The Morgan fingerprint density at radius 3 is 1.65 bits per heavy atom. The molecule has 1 atom stereocenters. The Bertz CT molecular complexity index is 482. The van der Waals surface area contributed by atoms with Crippen LogP contribution in [0.1, 0.15) is 11.7 Å². The van der Waals surface area contributed by atoms with Crippen LogP contribution in [0.4, 0.5) is 0 Å². The molecule has 0 aliphatic rings. The van der Waals surface area contributed by atoms with Crippen molar-refractivity contribution in [2.24, 2.45) is 0 Å². The van der Waals surface area contributed by atoms with Crippen molar-refractivity contribution >= 4 is 25.0 Å². The van der Waals surface area contributed by atoms with Crippen molar-refractivity contribution < 1.29 is 13.3 Å². The first-order chi connectivity index (χ1) is 10.3. The number of hydrogen-bond acceptors (Lipinski definition) is 3. The molecular weight excluding hydrogens is 336 g/mol. The molecule has 1 unspecified atom stereocenters. The van der Waals surface area contributed by atoms with E-state index < -0.39 is 25.0 Å². The van der Waals surface area contributed by atoms with E-state index in [0.717, 1.165) is 5.75 Å². The highest BCUT2D eigenvalue weighted by molar-refractivity contribution is 6.70. The van der Waals surface area contributed by atoms with Gasteiger partial charge in [-0.1, -0.05) is 12.1 Å². The summed E-state index contributed by atoms with van der Waals surface area (Å²) < 4.78 is 18.5. The van der Waals surface area contributed by atoms with E-state index in [1.54, 1.807) is 0 Å². The van der Waals surface area contributed by atoms with Crippen molar-refractivity contribution in [1.29, 1.82) is 0 Å². The molecule has 3 nitrogen and oxygen atoms in total. The standard InChI is InChI=1S/C17H34O3Si3/c1-21(2,3)18-14-17(20-23(7,8)9)15-10-12-16(13-11-15)19-22(4,5)6/h10-13,17H,14H2,1-9H3. The van der Waals surface area contributed by atoms with Crippen LogP contribution in [-0.2, 0) is 8.85 Å². The van der Waals surface area contributed by atoms with Crippen LogP contribution in [0, 0.1) is 0 Å². The topological polar surface area (TPSA) is 27.7 Å². The van der Waals surface area contributed by atoms with Crippen molar-refractivity contribution in [2.45, 2.75) is 65.0 Å². The van der Waals surface area contributed by atoms with Gasteiger partial charge in [0.25, 0.3) is 0 Å². The van der Waals surface area contributed by atoms with E-state index in [2.05, 4.69) is 83.2 Å². The molecule has 0 heterocycles. The van der Waals surface area contributed by atoms with E-state index in [1.807, 2.05) is 0 Å². The number of benzene rings is 1. The zero-order chi connectivity index (χ0) is 17.9. The molecule has 0 radical (unpaired) electrons. The largest absolute Gasteiger partial charge is 0.544 e. The van der Waals surface area contributed by atoms with Gasteiger partial charge in [0.15, 0.2) is 16.6 Å². The van der Waals surface area contributed by atoms with Crippen LogP contribution in [0.25, 0.3) is 0 Å². The lowest BCUT2D eigenvalue weighted by atomic mass is 10.1. The van der Waals surface area contributed by atoms with Gasteiger partial charge in [-0.2, -0.15) is 0 Å². The quantitative estimate of drug-likeness (QED) is 0.554. The Morgan fingerprint density at radius 1 is 0.739 bits per heavy atom. The van der Waals surface area contributed by atoms with Gasteiger partial charge >= 0.3 is 0 Å². The molecule has 1 aromatic carbocycles. The van der Waals surface area contributed by atoms with E-state index >= 15 is 0 Å². The fourth-order valence-corrected chi connectivity index (χ4v) is 4.61. The van der Waals surface area contributed by atoms with E-state index in [9.17, 15) is 0 Å². The average Bonchev–Trinajstić information content (AvgIpc) is 2.31. The van der Waals surface area contributed by atoms with Crippen LogP contribution in [0.2, 0.25) is 58.9 Å². The van der Waals surface area contributed by atoms with Gasteiger partial charge < -0.3 is 13.3 Å². The minimum absolute atomic E-state index is 0.00863. The van der Waals surface area contributed by atoms with E-state index in [1.165, 1.54) is 5.56 Å². The number of rotatable bonds is 8. The maximum absolute atomic E-state index is 6.36. The van der Waals surface area contributed by atoms with Gasteiger partial charge in [0, 0.05) is 0 Å². The fraction of sp³-hybridized carbons (Fsp3) is 0.647. The Kier molecular flexibility index (Phi) is 6.86. The molecule has 0 aliphatic heterocycles. The highest BCUT2D eigenvalue weighted by atomic mass is 28.4. The second-order valence-corrected chi connectivity index (χ2v) is 22.3. The fourth-order valence-electron chi connectivity index (χ4n) is 2.05. The maximum Gasteiger partial charge on any atom is 0.242 e. The van der Waals surface area contributed by atoms with Gasteiger partial charge in [-0.15, -0.1) is 0 Å². The van der Waals surface area contributed by atoms with E-state index in [0.29, 0.717) is 6.61 Å². The SMILES string of the molecule is C[Si](C)(C)OCC(O[Si](C)(C)C)c1ccc(O[Si](C)(C)C)cc1. The Hall–Kier alpha value is -0.409. The summed E-state index contributed by atoms with van der Waals surface area (Å²) in [6.07, 6.45) is 0.00863. The first-order valence-electron chi connectivity index (χ1n) is 8.36. The van der Waals surface area contributed by atoms with Crippen LogP contribution in [0.15, 0.2) is 24.3 Å². The highest BCUT2D eigenvalue weighted by Crippen LogP contribution is 2.26. The lowest BCUT2D eigenvalue weighted by Gasteiger charge is -2.29. The first-order valence-corrected chi connectivity index (χ1v) is 18.6. The molecule has 0 saturated heterocycles. The molecule has 1 aromatic rings. The highest BCUT2D eigenvalue weighted by Gasteiger charge is 2.25. The van der Waals surface area contributed by atoms with Crippen LogP contribution < -0.4 is 4.43 Å². The Labute approximate surface area is 145 Å². The predicted octanol–water partition coefficient (Wildman–Crippen LogP) is 5.64. The van der Waals surface area contributed by atoms with Gasteiger partial charge in [0.1, 0.15) is 5.75 Å². The van der Waals surface area contributed by atoms with E-state index in [4.69, 9.17) is 13.3 Å². The summed E-state index contributed by atoms with van der Waals surface area (Å²) in [6, 6.07) is 8.35. The minimum Gasteiger partial charge on any atom is -0.544 e. The number of hydrogen-bond donors (Lipinski definition) is 0. The molecule has 0 spiro atoms. The Morgan fingerprint density at radius 2 is 1.26 bits per heavy atom. The summed E-state index contributed by atoms with van der Waals surface area (Å²) in [5, 5.41) is 0. The maximum atomic E-state index is 6.36. The molecule has 0 aromatic heterocycles. The molecule has 0 N–H and O–H groups in total. The van der Waals surface area contributed by atoms with Gasteiger partial charge in [-0.25, -0.2) is 0 Å². The van der Waals surface area contributed by atoms with Crippen LogP contribution in [0.5, 0.6) is 5.75 Å².